The molecule has 4 nitrogen and oxygen atoms in total. The van der Waals surface area contributed by atoms with Gasteiger partial charge < -0.3 is 14.0 Å². The van der Waals surface area contributed by atoms with E-state index >= 15 is 0 Å². The molecule has 0 amide bonds. The van der Waals surface area contributed by atoms with Crippen LogP contribution in [-0.2, 0) is 14.0 Å². The van der Waals surface area contributed by atoms with Gasteiger partial charge in [0.05, 0.1) is 31.9 Å². The Morgan fingerprint density at radius 3 is 2.04 bits per heavy atom. The fourth-order valence-electron chi connectivity index (χ4n) is 2.63. The van der Waals surface area contributed by atoms with Crippen LogP contribution < -0.4 is 10.6 Å². The lowest BCUT2D eigenvalue weighted by atomic mass is 9.78. The molecule has 1 aliphatic heterocycles. The first kappa shape index (κ1) is 18.2. The number of methoxy groups -OCH3 is 1. The molecule has 1 aromatic rings. The van der Waals surface area contributed by atoms with Crippen LogP contribution in [0.3, 0.4) is 0 Å². The molecule has 1 aliphatic rings. The Morgan fingerprint density at radius 1 is 1.09 bits per heavy atom. The van der Waals surface area contributed by atoms with Crippen molar-refractivity contribution >= 4 is 31.8 Å². The maximum absolute atomic E-state index is 11.9. The Morgan fingerprint density at radius 2 is 1.61 bits per heavy atom. The summed E-state index contributed by atoms with van der Waals surface area (Å²) in [4.78, 5) is 11.9. The summed E-state index contributed by atoms with van der Waals surface area (Å²) in [6.45, 7) is 14.9. The number of hydrogen-bond donors (Lipinski definition) is 0. The smallest absolute Gasteiger partial charge is 0.465 e. The lowest BCUT2D eigenvalue weighted by molar-refractivity contribution is 0.00578. The van der Waals surface area contributed by atoms with Gasteiger partial charge in [-0.05, 0) is 45.3 Å². The van der Waals surface area contributed by atoms with Gasteiger partial charge in [0, 0.05) is 0 Å². The van der Waals surface area contributed by atoms with Crippen LogP contribution in [0.5, 0.6) is 0 Å². The molecule has 1 heterocycles. The molecule has 0 unspecified atom stereocenters. The van der Waals surface area contributed by atoms with Crippen LogP contribution in [0.15, 0.2) is 18.2 Å². The van der Waals surface area contributed by atoms with E-state index in [0.717, 1.165) is 5.46 Å². The molecular weight excluding hydrogens is 307 g/mol. The minimum atomic E-state index is -1.70. The molecule has 0 aromatic heterocycles. The minimum absolute atomic E-state index is 0.315. The summed E-state index contributed by atoms with van der Waals surface area (Å²) in [5, 5.41) is 1.17. The van der Waals surface area contributed by atoms with Crippen LogP contribution in [0.25, 0.3) is 0 Å². The Labute approximate surface area is 140 Å². The van der Waals surface area contributed by atoms with Crippen LogP contribution >= 0.6 is 0 Å². The standard InChI is InChI=1S/C17H27BO4Si/c1-16(2)17(3,4)22-18(21-16)13-10-9-12(15(19)20-5)11-14(13)23(6,7)8/h9-11H,1-8H3. The van der Waals surface area contributed by atoms with Gasteiger partial charge >= 0.3 is 13.1 Å². The van der Waals surface area contributed by atoms with Crippen molar-refractivity contribution in [3.63, 3.8) is 0 Å². The van der Waals surface area contributed by atoms with Gasteiger partial charge in [0.2, 0.25) is 0 Å². The molecule has 6 heteroatoms. The van der Waals surface area contributed by atoms with E-state index in [-0.39, 0.29) is 17.2 Å². The summed E-state index contributed by atoms with van der Waals surface area (Å²) in [5.41, 5.74) is 0.839. The lowest BCUT2D eigenvalue weighted by Gasteiger charge is -2.32. The molecule has 0 atom stereocenters. The van der Waals surface area contributed by atoms with Gasteiger partial charge in [-0.25, -0.2) is 4.79 Å². The second-order valence-corrected chi connectivity index (χ2v) is 13.2. The molecule has 0 radical (unpaired) electrons. The Kier molecular flexibility index (Phi) is 4.56. The third-order valence-electron chi connectivity index (χ3n) is 4.79. The van der Waals surface area contributed by atoms with Gasteiger partial charge in [-0.1, -0.05) is 30.9 Å². The average Bonchev–Trinajstić information content (AvgIpc) is 2.65. The second-order valence-electron chi connectivity index (χ2n) is 8.13. The van der Waals surface area contributed by atoms with Gasteiger partial charge in [0.15, 0.2) is 0 Å². The van der Waals surface area contributed by atoms with E-state index in [1.54, 1.807) is 6.07 Å². The zero-order valence-corrected chi connectivity index (χ0v) is 16.4. The van der Waals surface area contributed by atoms with Crippen molar-refractivity contribution in [3.05, 3.63) is 23.8 Å². The quantitative estimate of drug-likeness (QED) is 0.629. The highest BCUT2D eigenvalue weighted by atomic mass is 28.3. The van der Waals surface area contributed by atoms with E-state index in [9.17, 15) is 4.79 Å². The summed E-state index contributed by atoms with van der Waals surface area (Å²) >= 11 is 0. The third-order valence-corrected chi connectivity index (χ3v) is 6.84. The number of carbonyl (C=O) groups is 1. The molecule has 1 saturated heterocycles. The van der Waals surface area contributed by atoms with Gasteiger partial charge in [-0.3, -0.25) is 0 Å². The number of esters is 1. The molecule has 0 spiro atoms. The van der Waals surface area contributed by atoms with Crippen molar-refractivity contribution in [1.29, 1.82) is 0 Å². The number of ether oxygens (including phenoxy) is 1. The Bertz CT molecular complexity index is 604. The van der Waals surface area contributed by atoms with Crippen LogP contribution in [0.2, 0.25) is 19.6 Å². The zero-order valence-electron chi connectivity index (χ0n) is 15.4. The van der Waals surface area contributed by atoms with E-state index in [2.05, 4.69) is 19.6 Å². The van der Waals surface area contributed by atoms with Gasteiger partial charge in [0.25, 0.3) is 0 Å². The maximum atomic E-state index is 11.9. The molecule has 126 valence electrons. The summed E-state index contributed by atoms with van der Waals surface area (Å²) < 4.78 is 17.2. The van der Waals surface area contributed by atoms with Gasteiger partial charge in [0.1, 0.15) is 0 Å². The molecular formula is C17H27BO4Si. The summed E-state index contributed by atoms with van der Waals surface area (Å²) in [6, 6.07) is 5.68. The zero-order chi connectivity index (χ0) is 17.6. The molecule has 1 aromatic carbocycles. The highest BCUT2D eigenvalue weighted by molar-refractivity contribution is 6.92. The molecule has 0 aliphatic carbocycles. The average molecular weight is 334 g/mol. The molecule has 2 rings (SSSR count). The van der Waals surface area contributed by atoms with Crippen LogP contribution in [0.4, 0.5) is 0 Å². The van der Waals surface area contributed by atoms with Crippen molar-refractivity contribution in [1.82, 2.24) is 0 Å². The van der Waals surface area contributed by atoms with E-state index in [4.69, 9.17) is 14.0 Å². The van der Waals surface area contributed by atoms with Gasteiger partial charge in [-0.2, -0.15) is 0 Å². The molecule has 0 saturated carbocycles. The van der Waals surface area contributed by atoms with Crippen molar-refractivity contribution in [2.45, 2.75) is 58.5 Å². The number of rotatable bonds is 3. The number of carbonyl (C=O) groups excluding carboxylic acids is 1. The highest BCUT2D eigenvalue weighted by Gasteiger charge is 2.52. The molecule has 23 heavy (non-hydrogen) atoms. The Balaban J connectivity index is 2.50. The molecule has 0 bridgehead atoms. The van der Waals surface area contributed by atoms with Crippen molar-refractivity contribution in [2.75, 3.05) is 7.11 Å². The second kappa shape index (κ2) is 5.76. The number of hydrogen-bond acceptors (Lipinski definition) is 4. The summed E-state index contributed by atoms with van der Waals surface area (Å²) in [5.74, 6) is -0.315. The van der Waals surface area contributed by atoms with Crippen LogP contribution in [0, 0.1) is 0 Å². The van der Waals surface area contributed by atoms with Gasteiger partial charge in [-0.15, -0.1) is 0 Å². The monoisotopic (exact) mass is 334 g/mol. The largest absolute Gasteiger partial charge is 0.494 e. The lowest BCUT2D eigenvalue weighted by Crippen LogP contribution is -2.54. The molecule has 1 fully saturated rings. The van der Waals surface area contributed by atoms with Crippen molar-refractivity contribution < 1.29 is 18.8 Å². The first-order valence-corrected chi connectivity index (χ1v) is 11.5. The molecule has 0 N–H and O–H groups in total. The first-order valence-electron chi connectivity index (χ1n) is 7.97. The fraction of sp³-hybridized carbons (Fsp3) is 0.588. The van der Waals surface area contributed by atoms with E-state index in [0.29, 0.717) is 5.56 Å². The predicted molar refractivity (Wildman–Crippen MR) is 96.5 cm³/mol. The van der Waals surface area contributed by atoms with Crippen molar-refractivity contribution in [2.24, 2.45) is 0 Å². The maximum Gasteiger partial charge on any atom is 0.494 e. The summed E-state index contributed by atoms with van der Waals surface area (Å²) in [7, 11) is -0.703. The van der Waals surface area contributed by atoms with E-state index in [1.807, 2.05) is 39.8 Å². The third kappa shape index (κ3) is 3.39. The Hall–Kier alpha value is -1.11. The van der Waals surface area contributed by atoms with E-state index in [1.165, 1.54) is 12.3 Å². The van der Waals surface area contributed by atoms with E-state index < -0.39 is 15.2 Å². The topological polar surface area (TPSA) is 44.8 Å². The normalized spacial score (nSPS) is 19.7. The minimum Gasteiger partial charge on any atom is -0.465 e. The van der Waals surface area contributed by atoms with Crippen LogP contribution in [0.1, 0.15) is 38.1 Å². The highest BCUT2D eigenvalue weighted by Crippen LogP contribution is 2.36. The van der Waals surface area contributed by atoms with Crippen molar-refractivity contribution in [3.8, 4) is 0 Å². The SMILES string of the molecule is COC(=O)c1ccc(B2OC(C)(C)C(C)(C)O2)c([Si](C)(C)C)c1. The fourth-order valence-corrected chi connectivity index (χ4v) is 4.28. The summed E-state index contributed by atoms with van der Waals surface area (Å²) in [6.07, 6.45) is 0. The number of benzene rings is 1. The van der Waals surface area contributed by atoms with Crippen LogP contribution in [-0.4, -0.2) is 39.5 Å². The first-order chi connectivity index (χ1) is 10.4. The predicted octanol–water partition coefficient (Wildman–Crippen LogP) is 2.32.